The highest BCUT2D eigenvalue weighted by molar-refractivity contribution is 8.00. The first kappa shape index (κ1) is 15.4. The molecule has 1 fully saturated rings. The van der Waals surface area contributed by atoms with Crippen LogP contribution in [0, 0.1) is 6.92 Å². The van der Waals surface area contributed by atoms with Crippen molar-refractivity contribution in [1.82, 2.24) is 4.90 Å². The molecule has 0 unspecified atom stereocenters. The maximum atomic E-state index is 12.0. The van der Waals surface area contributed by atoms with Crippen molar-refractivity contribution in [2.45, 2.75) is 6.92 Å². The number of amides is 2. The minimum absolute atomic E-state index is 0.0216. The predicted molar refractivity (Wildman–Crippen MR) is 80.2 cm³/mol. The van der Waals surface area contributed by atoms with E-state index in [9.17, 15) is 14.4 Å². The Morgan fingerprint density at radius 3 is 2.81 bits per heavy atom. The van der Waals surface area contributed by atoms with E-state index in [4.69, 9.17) is 0 Å². The second kappa shape index (κ2) is 6.62. The first-order chi connectivity index (χ1) is 10.0. The van der Waals surface area contributed by atoms with Crippen molar-refractivity contribution in [3.8, 4) is 0 Å². The van der Waals surface area contributed by atoms with Gasteiger partial charge in [-0.05, 0) is 24.6 Å². The largest absolute Gasteiger partial charge is 0.465 e. The lowest BCUT2D eigenvalue weighted by Gasteiger charge is -2.15. The van der Waals surface area contributed by atoms with Crippen LogP contribution in [0.3, 0.4) is 0 Å². The average Bonchev–Trinajstić information content (AvgIpc) is 2.85. The summed E-state index contributed by atoms with van der Waals surface area (Å²) < 4.78 is 4.65. The van der Waals surface area contributed by atoms with Gasteiger partial charge in [-0.1, -0.05) is 6.07 Å². The topological polar surface area (TPSA) is 75.7 Å². The van der Waals surface area contributed by atoms with E-state index in [0.717, 1.165) is 5.56 Å². The molecule has 1 heterocycles. The molecule has 1 N–H and O–H groups in total. The first-order valence-electron chi connectivity index (χ1n) is 6.35. The molecular weight excluding hydrogens is 292 g/mol. The van der Waals surface area contributed by atoms with E-state index >= 15 is 0 Å². The highest BCUT2D eigenvalue weighted by Crippen LogP contribution is 2.19. The standard InChI is InChI=1S/C14H16N2O4S/c1-9-3-4-10(14(19)20-2)5-11(9)15-12(17)6-16-8-21-7-13(16)18/h3-5H,6-8H2,1-2H3,(H,15,17). The van der Waals surface area contributed by atoms with Crippen LogP contribution in [0.5, 0.6) is 0 Å². The summed E-state index contributed by atoms with van der Waals surface area (Å²) in [6.07, 6.45) is 0. The highest BCUT2D eigenvalue weighted by Gasteiger charge is 2.23. The number of nitrogens with one attached hydrogen (secondary N) is 1. The Hall–Kier alpha value is -2.02. The number of aryl methyl sites for hydroxylation is 1. The average molecular weight is 308 g/mol. The van der Waals surface area contributed by atoms with Gasteiger partial charge in [-0.15, -0.1) is 11.8 Å². The smallest absolute Gasteiger partial charge is 0.337 e. The molecule has 0 aromatic heterocycles. The van der Waals surface area contributed by atoms with Gasteiger partial charge in [0, 0.05) is 5.69 Å². The van der Waals surface area contributed by atoms with Crippen molar-refractivity contribution in [2.24, 2.45) is 0 Å². The second-order valence-corrected chi connectivity index (χ2v) is 5.59. The van der Waals surface area contributed by atoms with Gasteiger partial charge in [0.2, 0.25) is 11.8 Å². The van der Waals surface area contributed by atoms with Gasteiger partial charge in [0.1, 0.15) is 6.54 Å². The number of rotatable bonds is 4. The minimum atomic E-state index is -0.461. The van der Waals surface area contributed by atoms with Gasteiger partial charge in [0.15, 0.2) is 0 Å². The Morgan fingerprint density at radius 2 is 2.19 bits per heavy atom. The lowest BCUT2D eigenvalue weighted by atomic mass is 10.1. The summed E-state index contributed by atoms with van der Waals surface area (Å²) in [7, 11) is 1.30. The zero-order valence-corrected chi connectivity index (χ0v) is 12.7. The number of hydrogen-bond acceptors (Lipinski definition) is 5. The van der Waals surface area contributed by atoms with Crippen LogP contribution in [0.25, 0.3) is 0 Å². The van der Waals surface area contributed by atoms with E-state index in [1.165, 1.54) is 23.8 Å². The fourth-order valence-corrected chi connectivity index (χ4v) is 2.81. The molecule has 7 heteroatoms. The van der Waals surface area contributed by atoms with Crippen molar-refractivity contribution in [1.29, 1.82) is 0 Å². The number of carbonyl (C=O) groups excluding carboxylic acids is 3. The molecular formula is C14H16N2O4S. The lowest BCUT2D eigenvalue weighted by Crippen LogP contribution is -2.34. The summed E-state index contributed by atoms with van der Waals surface area (Å²) in [5.41, 5.74) is 1.74. The van der Waals surface area contributed by atoms with Gasteiger partial charge in [0.25, 0.3) is 0 Å². The van der Waals surface area contributed by atoms with Crippen molar-refractivity contribution in [3.63, 3.8) is 0 Å². The van der Waals surface area contributed by atoms with Crippen molar-refractivity contribution in [3.05, 3.63) is 29.3 Å². The van der Waals surface area contributed by atoms with E-state index in [1.807, 2.05) is 6.92 Å². The molecule has 1 aromatic rings. The zero-order chi connectivity index (χ0) is 15.4. The third-order valence-corrected chi connectivity index (χ3v) is 4.04. The number of anilines is 1. The Balaban J connectivity index is 2.06. The summed E-state index contributed by atoms with van der Waals surface area (Å²) in [4.78, 5) is 36.5. The summed E-state index contributed by atoms with van der Waals surface area (Å²) in [6.45, 7) is 1.85. The molecule has 1 aliphatic heterocycles. The second-order valence-electron chi connectivity index (χ2n) is 4.64. The molecule has 0 atom stereocenters. The third kappa shape index (κ3) is 3.75. The number of ether oxygens (including phenoxy) is 1. The van der Waals surface area contributed by atoms with Crippen molar-refractivity contribution in [2.75, 3.05) is 30.6 Å². The zero-order valence-electron chi connectivity index (χ0n) is 11.8. The molecule has 2 rings (SSSR count). The molecule has 21 heavy (non-hydrogen) atoms. The van der Waals surface area contributed by atoms with Gasteiger partial charge in [-0.25, -0.2) is 4.79 Å². The number of carbonyl (C=O) groups is 3. The Kier molecular flexibility index (Phi) is 4.85. The number of hydrogen-bond donors (Lipinski definition) is 1. The van der Waals surface area contributed by atoms with Crippen molar-refractivity contribution < 1.29 is 19.1 Å². The van der Waals surface area contributed by atoms with Crippen LogP contribution in [0.1, 0.15) is 15.9 Å². The van der Waals surface area contributed by atoms with E-state index < -0.39 is 5.97 Å². The molecule has 1 aromatic carbocycles. The predicted octanol–water partition coefficient (Wildman–Crippen LogP) is 1.25. The van der Waals surface area contributed by atoms with Gasteiger partial charge < -0.3 is 15.0 Å². The number of benzene rings is 1. The van der Waals surface area contributed by atoms with E-state index in [0.29, 0.717) is 22.9 Å². The Labute approximate surface area is 126 Å². The monoisotopic (exact) mass is 308 g/mol. The Morgan fingerprint density at radius 1 is 1.43 bits per heavy atom. The van der Waals surface area contributed by atoms with Gasteiger partial charge in [-0.3, -0.25) is 9.59 Å². The molecule has 112 valence electrons. The molecule has 1 saturated heterocycles. The SMILES string of the molecule is COC(=O)c1ccc(C)c(NC(=O)CN2CSCC2=O)c1. The third-order valence-electron chi connectivity index (χ3n) is 3.09. The van der Waals surface area contributed by atoms with Crippen LogP contribution in [-0.2, 0) is 14.3 Å². The summed E-state index contributed by atoms with van der Waals surface area (Å²) in [6, 6.07) is 4.94. The molecule has 0 radical (unpaired) electrons. The van der Waals surface area contributed by atoms with Crippen molar-refractivity contribution >= 4 is 35.2 Å². The maximum absolute atomic E-state index is 12.0. The van der Waals surface area contributed by atoms with Crippen LogP contribution in [0.15, 0.2) is 18.2 Å². The van der Waals surface area contributed by atoms with Crippen LogP contribution < -0.4 is 5.32 Å². The molecule has 0 saturated carbocycles. The molecule has 1 aliphatic rings. The molecule has 0 spiro atoms. The fourth-order valence-electron chi connectivity index (χ4n) is 1.90. The summed E-state index contributed by atoms with van der Waals surface area (Å²) in [5.74, 6) is 0.181. The molecule has 6 nitrogen and oxygen atoms in total. The first-order valence-corrected chi connectivity index (χ1v) is 7.51. The quantitative estimate of drug-likeness (QED) is 0.847. The number of thioether (sulfide) groups is 1. The number of esters is 1. The molecule has 0 aliphatic carbocycles. The van der Waals surface area contributed by atoms with E-state index in [-0.39, 0.29) is 18.4 Å². The van der Waals surface area contributed by atoms with Crippen LogP contribution in [0.2, 0.25) is 0 Å². The molecule has 2 amide bonds. The number of nitrogens with zero attached hydrogens (tertiary/aromatic N) is 1. The normalized spacial score (nSPS) is 14.2. The van der Waals surface area contributed by atoms with Gasteiger partial charge in [0.05, 0.1) is 24.3 Å². The lowest BCUT2D eigenvalue weighted by molar-refractivity contribution is -0.130. The highest BCUT2D eigenvalue weighted by atomic mass is 32.2. The fraction of sp³-hybridized carbons (Fsp3) is 0.357. The Bertz CT molecular complexity index is 588. The summed E-state index contributed by atoms with van der Waals surface area (Å²) in [5, 5.41) is 2.73. The van der Waals surface area contributed by atoms with Gasteiger partial charge in [-0.2, -0.15) is 0 Å². The maximum Gasteiger partial charge on any atom is 0.337 e. The van der Waals surface area contributed by atoms with Gasteiger partial charge >= 0.3 is 5.97 Å². The minimum Gasteiger partial charge on any atom is -0.465 e. The van der Waals surface area contributed by atoms with Crippen LogP contribution >= 0.6 is 11.8 Å². The van der Waals surface area contributed by atoms with E-state index in [2.05, 4.69) is 10.1 Å². The summed E-state index contributed by atoms with van der Waals surface area (Å²) >= 11 is 1.49. The van der Waals surface area contributed by atoms with Crippen LogP contribution in [-0.4, -0.2) is 48.0 Å². The number of methoxy groups -OCH3 is 1. The van der Waals surface area contributed by atoms with Crippen LogP contribution in [0.4, 0.5) is 5.69 Å². The molecule has 0 bridgehead atoms. The van der Waals surface area contributed by atoms with E-state index in [1.54, 1.807) is 18.2 Å².